The van der Waals surface area contributed by atoms with E-state index in [0.717, 1.165) is 11.6 Å². The van der Waals surface area contributed by atoms with Gasteiger partial charge in [0, 0.05) is 13.1 Å². The summed E-state index contributed by atoms with van der Waals surface area (Å²) in [6.07, 6.45) is 7.31. The molecule has 0 saturated heterocycles. The highest BCUT2D eigenvalue weighted by molar-refractivity contribution is 5.42. The molecule has 0 aromatic carbocycles. The first kappa shape index (κ1) is 11.2. The van der Waals surface area contributed by atoms with Gasteiger partial charge in [0.05, 0.1) is 12.4 Å². The van der Waals surface area contributed by atoms with Crippen LogP contribution in [0.4, 0.5) is 11.6 Å². The first-order chi connectivity index (χ1) is 7.62. The molecule has 2 N–H and O–H groups in total. The van der Waals surface area contributed by atoms with Gasteiger partial charge in [-0.15, -0.1) is 0 Å². The summed E-state index contributed by atoms with van der Waals surface area (Å²) in [6, 6.07) is 0.508. The Hall–Kier alpha value is -1.32. The van der Waals surface area contributed by atoms with Gasteiger partial charge in [-0.2, -0.15) is 0 Å². The maximum atomic E-state index is 4.44. The van der Waals surface area contributed by atoms with Gasteiger partial charge in [-0.05, 0) is 18.3 Å². The molecule has 1 fully saturated rings. The van der Waals surface area contributed by atoms with Crippen LogP contribution < -0.4 is 10.6 Å². The molecule has 1 aliphatic carbocycles. The topological polar surface area (TPSA) is 49.8 Å². The van der Waals surface area contributed by atoms with Gasteiger partial charge >= 0.3 is 0 Å². The molecule has 0 amide bonds. The third-order valence-electron chi connectivity index (χ3n) is 3.47. The molecule has 1 heterocycles. The van der Waals surface area contributed by atoms with Crippen LogP contribution in [0, 0.1) is 5.41 Å². The molecular weight excluding hydrogens is 200 g/mol. The molecule has 2 rings (SSSR count). The maximum Gasteiger partial charge on any atom is 0.147 e. The van der Waals surface area contributed by atoms with Gasteiger partial charge in [-0.25, -0.2) is 4.98 Å². The molecule has 88 valence electrons. The SMILES string of the molecule is CNc1cncc(NC2CCCC2(C)C)n1. The van der Waals surface area contributed by atoms with Crippen LogP contribution in [0.5, 0.6) is 0 Å². The van der Waals surface area contributed by atoms with Gasteiger partial charge in [-0.3, -0.25) is 4.98 Å². The summed E-state index contributed by atoms with van der Waals surface area (Å²) in [5, 5.41) is 6.49. The van der Waals surface area contributed by atoms with Crippen molar-refractivity contribution in [3.05, 3.63) is 12.4 Å². The summed E-state index contributed by atoms with van der Waals surface area (Å²) in [7, 11) is 1.85. The zero-order chi connectivity index (χ0) is 11.6. The van der Waals surface area contributed by atoms with E-state index in [-0.39, 0.29) is 0 Å². The van der Waals surface area contributed by atoms with E-state index >= 15 is 0 Å². The largest absolute Gasteiger partial charge is 0.372 e. The summed E-state index contributed by atoms with van der Waals surface area (Å²) in [6.45, 7) is 4.63. The van der Waals surface area contributed by atoms with Crippen molar-refractivity contribution in [2.45, 2.75) is 39.2 Å². The van der Waals surface area contributed by atoms with Gasteiger partial charge in [0.2, 0.25) is 0 Å². The Morgan fingerprint density at radius 2 is 2.06 bits per heavy atom. The minimum atomic E-state index is 0.358. The van der Waals surface area contributed by atoms with Crippen molar-refractivity contribution in [3.63, 3.8) is 0 Å². The molecule has 1 aromatic heterocycles. The van der Waals surface area contributed by atoms with Crippen LogP contribution in [-0.2, 0) is 0 Å². The molecule has 1 aliphatic rings. The maximum absolute atomic E-state index is 4.44. The molecule has 0 aliphatic heterocycles. The molecule has 16 heavy (non-hydrogen) atoms. The highest BCUT2D eigenvalue weighted by Gasteiger charge is 2.34. The lowest BCUT2D eigenvalue weighted by atomic mass is 9.87. The van der Waals surface area contributed by atoms with E-state index in [1.807, 2.05) is 7.05 Å². The number of hydrogen-bond acceptors (Lipinski definition) is 4. The summed E-state index contributed by atoms with van der Waals surface area (Å²) in [4.78, 5) is 8.59. The molecule has 0 spiro atoms. The van der Waals surface area contributed by atoms with E-state index < -0.39 is 0 Å². The number of rotatable bonds is 3. The van der Waals surface area contributed by atoms with Crippen molar-refractivity contribution in [1.29, 1.82) is 0 Å². The molecule has 0 bridgehead atoms. The minimum absolute atomic E-state index is 0.358. The van der Waals surface area contributed by atoms with E-state index in [4.69, 9.17) is 0 Å². The summed E-state index contributed by atoms with van der Waals surface area (Å²) in [5.74, 6) is 1.67. The summed E-state index contributed by atoms with van der Waals surface area (Å²) in [5.41, 5.74) is 0.358. The van der Waals surface area contributed by atoms with Crippen molar-refractivity contribution in [3.8, 4) is 0 Å². The Bertz CT molecular complexity index is 362. The fraction of sp³-hybridized carbons (Fsp3) is 0.667. The average molecular weight is 220 g/mol. The van der Waals surface area contributed by atoms with Crippen LogP contribution in [0.3, 0.4) is 0 Å². The number of aromatic nitrogens is 2. The van der Waals surface area contributed by atoms with E-state index in [1.54, 1.807) is 12.4 Å². The third-order valence-corrected chi connectivity index (χ3v) is 3.47. The first-order valence-corrected chi connectivity index (χ1v) is 5.88. The predicted octanol–water partition coefficient (Wildman–Crippen LogP) is 2.51. The fourth-order valence-corrected chi connectivity index (χ4v) is 2.33. The lowest BCUT2D eigenvalue weighted by molar-refractivity contribution is 0.349. The first-order valence-electron chi connectivity index (χ1n) is 5.88. The third kappa shape index (κ3) is 2.26. The van der Waals surface area contributed by atoms with Crippen LogP contribution >= 0.6 is 0 Å². The Labute approximate surface area is 96.9 Å². The van der Waals surface area contributed by atoms with Gasteiger partial charge in [-0.1, -0.05) is 20.3 Å². The van der Waals surface area contributed by atoms with Crippen LogP contribution in [0.1, 0.15) is 33.1 Å². The molecule has 0 radical (unpaired) electrons. The lowest BCUT2D eigenvalue weighted by Gasteiger charge is -2.28. The number of nitrogens with one attached hydrogen (secondary N) is 2. The molecule has 1 atom stereocenters. The molecule has 4 heteroatoms. The van der Waals surface area contributed by atoms with Crippen molar-refractivity contribution in [2.75, 3.05) is 17.7 Å². The monoisotopic (exact) mass is 220 g/mol. The second-order valence-electron chi connectivity index (χ2n) is 5.12. The van der Waals surface area contributed by atoms with E-state index in [1.165, 1.54) is 19.3 Å². The van der Waals surface area contributed by atoms with Crippen molar-refractivity contribution >= 4 is 11.6 Å². The van der Waals surface area contributed by atoms with Gasteiger partial charge in [0.25, 0.3) is 0 Å². The summed E-state index contributed by atoms with van der Waals surface area (Å²) < 4.78 is 0. The highest BCUT2D eigenvalue weighted by atomic mass is 15.1. The normalized spacial score (nSPS) is 23.1. The number of anilines is 2. The molecule has 1 unspecified atom stereocenters. The lowest BCUT2D eigenvalue weighted by Crippen LogP contribution is -2.31. The Morgan fingerprint density at radius 1 is 1.31 bits per heavy atom. The van der Waals surface area contributed by atoms with Gasteiger partial charge in [0.15, 0.2) is 0 Å². The van der Waals surface area contributed by atoms with Crippen LogP contribution in [-0.4, -0.2) is 23.1 Å². The average Bonchev–Trinajstić information content (AvgIpc) is 2.59. The minimum Gasteiger partial charge on any atom is -0.372 e. The number of nitrogens with zero attached hydrogens (tertiary/aromatic N) is 2. The zero-order valence-electron chi connectivity index (χ0n) is 10.2. The van der Waals surface area contributed by atoms with E-state index in [2.05, 4.69) is 34.4 Å². The van der Waals surface area contributed by atoms with Crippen molar-refractivity contribution in [1.82, 2.24) is 9.97 Å². The van der Waals surface area contributed by atoms with Crippen molar-refractivity contribution < 1.29 is 0 Å². The fourth-order valence-electron chi connectivity index (χ4n) is 2.33. The molecule has 1 saturated carbocycles. The molecule has 4 nitrogen and oxygen atoms in total. The zero-order valence-corrected chi connectivity index (χ0v) is 10.2. The number of hydrogen-bond donors (Lipinski definition) is 2. The molecule has 1 aromatic rings. The summed E-state index contributed by atoms with van der Waals surface area (Å²) >= 11 is 0. The van der Waals surface area contributed by atoms with Crippen LogP contribution in [0.2, 0.25) is 0 Å². The van der Waals surface area contributed by atoms with Gasteiger partial charge < -0.3 is 10.6 Å². The second kappa shape index (κ2) is 4.28. The highest BCUT2D eigenvalue weighted by Crippen LogP contribution is 2.38. The molecular formula is C12H20N4. The van der Waals surface area contributed by atoms with Crippen LogP contribution in [0.15, 0.2) is 12.4 Å². The van der Waals surface area contributed by atoms with Crippen LogP contribution in [0.25, 0.3) is 0 Å². The smallest absolute Gasteiger partial charge is 0.147 e. The van der Waals surface area contributed by atoms with E-state index in [0.29, 0.717) is 11.5 Å². The second-order valence-corrected chi connectivity index (χ2v) is 5.12. The van der Waals surface area contributed by atoms with E-state index in [9.17, 15) is 0 Å². The Balaban J connectivity index is 2.08. The van der Waals surface area contributed by atoms with Gasteiger partial charge in [0.1, 0.15) is 11.6 Å². The Kier molecular flexibility index (Phi) is 2.99. The standard InChI is InChI=1S/C12H20N4/c1-12(2)6-4-5-9(12)15-11-8-14-7-10(13-3)16-11/h7-9H,4-6H2,1-3H3,(H2,13,15,16). The Morgan fingerprint density at radius 3 is 2.69 bits per heavy atom. The quantitative estimate of drug-likeness (QED) is 0.821. The van der Waals surface area contributed by atoms with Crippen molar-refractivity contribution in [2.24, 2.45) is 5.41 Å². The predicted molar refractivity (Wildman–Crippen MR) is 66.6 cm³/mol.